The van der Waals surface area contributed by atoms with Gasteiger partial charge >= 0.3 is 0 Å². The van der Waals surface area contributed by atoms with E-state index in [-0.39, 0.29) is 6.04 Å². The minimum Gasteiger partial charge on any atom is -0.380 e. The lowest BCUT2D eigenvalue weighted by Crippen LogP contribution is -2.04. The smallest absolute Gasteiger partial charge is 0.131 e. The predicted molar refractivity (Wildman–Crippen MR) is 92.3 cm³/mol. The molecule has 1 atom stereocenters. The van der Waals surface area contributed by atoms with Crippen LogP contribution >= 0.6 is 22.9 Å². The number of aromatic nitrogens is 1. The molecule has 0 spiro atoms. The van der Waals surface area contributed by atoms with Crippen molar-refractivity contribution in [3.05, 3.63) is 45.5 Å². The van der Waals surface area contributed by atoms with Crippen LogP contribution in [0.3, 0.4) is 0 Å². The molecule has 2 aromatic rings. The van der Waals surface area contributed by atoms with Crippen molar-refractivity contribution in [1.82, 2.24) is 4.98 Å². The molecule has 2 heterocycles. The summed E-state index contributed by atoms with van der Waals surface area (Å²) in [7, 11) is 0. The van der Waals surface area contributed by atoms with Gasteiger partial charge in [-0.1, -0.05) is 29.8 Å². The lowest BCUT2D eigenvalue weighted by molar-refractivity contribution is 0.832. The molecule has 0 bridgehead atoms. The third-order valence-electron chi connectivity index (χ3n) is 3.65. The Bertz CT molecular complexity index is 744. The lowest BCUT2D eigenvalue weighted by atomic mass is 10.1. The van der Waals surface area contributed by atoms with Crippen molar-refractivity contribution < 1.29 is 0 Å². The standard InChI is InChI=1S/C16H18ClN3S/c1-9-14-16(21-15(9)10(2)18)12(7-13(17)20-14)19-8-11-5-3-4-6-11/h3-5,7,10H,6,8,18H2,1-2H3,(H,19,20)/t10-/m0/s1. The fraction of sp³-hybridized carbons (Fsp3) is 0.312. The monoisotopic (exact) mass is 319 g/mol. The Morgan fingerprint density at radius 1 is 1.52 bits per heavy atom. The number of thiophene rings is 1. The molecule has 1 aliphatic carbocycles. The highest BCUT2D eigenvalue weighted by Gasteiger charge is 2.16. The zero-order valence-corrected chi connectivity index (χ0v) is 13.7. The molecule has 0 amide bonds. The van der Waals surface area contributed by atoms with Crippen LogP contribution in [0.4, 0.5) is 5.69 Å². The fourth-order valence-electron chi connectivity index (χ4n) is 2.56. The average Bonchev–Trinajstić information content (AvgIpc) is 3.05. The summed E-state index contributed by atoms with van der Waals surface area (Å²) in [5.41, 5.74) is 10.6. The number of hydrogen-bond acceptors (Lipinski definition) is 4. The number of fused-ring (bicyclic) bond motifs is 1. The number of nitrogens with two attached hydrogens (primary N) is 1. The summed E-state index contributed by atoms with van der Waals surface area (Å²) in [5.74, 6) is 0. The molecule has 0 saturated heterocycles. The number of nitrogens with zero attached hydrogens (tertiary/aromatic N) is 1. The van der Waals surface area contributed by atoms with Crippen molar-refractivity contribution >= 4 is 38.8 Å². The summed E-state index contributed by atoms with van der Waals surface area (Å²) in [5, 5.41) is 4.00. The quantitative estimate of drug-likeness (QED) is 0.811. The second-order valence-electron chi connectivity index (χ2n) is 5.36. The zero-order chi connectivity index (χ0) is 15.0. The summed E-state index contributed by atoms with van der Waals surface area (Å²) in [6, 6.07) is 1.91. The fourth-order valence-corrected chi connectivity index (χ4v) is 3.95. The van der Waals surface area contributed by atoms with E-state index in [2.05, 4.69) is 35.5 Å². The lowest BCUT2D eigenvalue weighted by Gasteiger charge is -2.08. The van der Waals surface area contributed by atoms with Gasteiger partial charge in [0, 0.05) is 23.5 Å². The van der Waals surface area contributed by atoms with E-state index in [9.17, 15) is 0 Å². The summed E-state index contributed by atoms with van der Waals surface area (Å²) in [6.07, 6.45) is 7.43. The normalized spacial score (nSPS) is 15.5. The van der Waals surface area contributed by atoms with Crippen molar-refractivity contribution in [3.63, 3.8) is 0 Å². The molecule has 0 fully saturated rings. The van der Waals surface area contributed by atoms with Gasteiger partial charge in [0.15, 0.2) is 0 Å². The van der Waals surface area contributed by atoms with Crippen LogP contribution in [0.1, 0.15) is 29.8 Å². The van der Waals surface area contributed by atoms with Gasteiger partial charge in [-0.3, -0.25) is 0 Å². The Morgan fingerprint density at radius 2 is 2.33 bits per heavy atom. The molecule has 2 aromatic heterocycles. The van der Waals surface area contributed by atoms with Gasteiger partial charge in [0.05, 0.1) is 15.9 Å². The summed E-state index contributed by atoms with van der Waals surface area (Å²) < 4.78 is 1.13. The van der Waals surface area contributed by atoms with E-state index in [1.165, 1.54) is 10.5 Å². The number of allylic oxidation sites excluding steroid dienone is 3. The number of nitrogens with one attached hydrogen (secondary N) is 1. The average molecular weight is 320 g/mol. The predicted octanol–water partition coefficient (Wildman–Crippen LogP) is 4.58. The molecule has 21 heavy (non-hydrogen) atoms. The van der Waals surface area contributed by atoms with Crippen LogP contribution in [0.25, 0.3) is 10.2 Å². The van der Waals surface area contributed by atoms with Crippen LogP contribution in [-0.4, -0.2) is 11.5 Å². The molecular formula is C16H18ClN3S. The van der Waals surface area contributed by atoms with E-state index in [1.807, 2.05) is 13.0 Å². The molecular weight excluding hydrogens is 302 g/mol. The van der Waals surface area contributed by atoms with Crippen LogP contribution in [0.15, 0.2) is 29.9 Å². The van der Waals surface area contributed by atoms with Gasteiger partial charge in [0.1, 0.15) is 5.15 Å². The molecule has 0 radical (unpaired) electrons. The van der Waals surface area contributed by atoms with E-state index < -0.39 is 0 Å². The third-order valence-corrected chi connectivity index (χ3v) is 5.35. The van der Waals surface area contributed by atoms with Crippen LogP contribution in [0.5, 0.6) is 0 Å². The van der Waals surface area contributed by atoms with E-state index in [1.54, 1.807) is 11.3 Å². The molecule has 110 valence electrons. The molecule has 0 aliphatic heterocycles. The van der Waals surface area contributed by atoms with Crippen LogP contribution in [0, 0.1) is 6.92 Å². The maximum atomic E-state index is 6.18. The summed E-state index contributed by atoms with van der Waals surface area (Å²) in [6.45, 7) is 4.89. The highest BCUT2D eigenvalue weighted by atomic mass is 35.5. The van der Waals surface area contributed by atoms with Crippen LogP contribution in [0.2, 0.25) is 5.15 Å². The first-order chi connectivity index (χ1) is 10.1. The third kappa shape index (κ3) is 2.84. The number of hydrogen-bond donors (Lipinski definition) is 2. The SMILES string of the molecule is Cc1c([C@H](C)N)sc2c(NCC3=CC=CC3)cc(Cl)nc12. The Balaban J connectivity index is 1.98. The largest absolute Gasteiger partial charge is 0.380 e. The number of halogens is 1. The van der Waals surface area contributed by atoms with Gasteiger partial charge in [0.25, 0.3) is 0 Å². The van der Waals surface area contributed by atoms with Crippen LogP contribution < -0.4 is 11.1 Å². The Kier molecular flexibility index (Phi) is 4.02. The molecule has 5 heteroatoms. The van der Waals surface area contributed by atoms with E-state index in [0.717, 1.165) is 34.4 Å². The number of aryl methyl sites for hydroxylation is 1. The van der Waals surface area contributed by atoms with Gasteiger partial charge < -0.3 is 11.1 Å². The first-order valence-corrected chi connectivity index (χ1v) is 8.19. The van der Waals surface area contributed by atoms with Crippen molar-refractivity contribution in [2.75, 3.05) is 11.9 Å². The van der Waals surface area contributed by atoms with E-state index in [0.29, 0.717) is 5.15 Å². The minimum atomic E-state index is 0.0116. The minimum absolute atomic E-state index is 0.0116. The van der Waals surface area contributed by atoms with Crippen molar-refractivity contribution in [1.29, 1.82) is 0 Å². The van der Waals surface area contributed by atoms with Gasteiger partial charge in [-0.05, 0) is 31.4 Å². The number of rotatable bonds is 4. The first-order valence-electron chi connectivity index (χ1n) is 7.00. The highest BCUT2D eigenvalue weighted by molar-refractivity contribution is 7.20. The Hall–Kier alpha value is -1.36. The van der Waals surface area contributed by atoms with Crippen LogP contribution in [-0.2, 0) is 0 Å². The molecule has 0 aromatic carbocycles. The maximum absolute atomic E-state index is 6.18. The molecule has 1 aliphatic rings. The molecule has 3 nitrogen and oxygen atoms in total. The van der Waals surface area contributed by atoms with Crippen molar-refractivity contribution in [2.24, 2.45) is 5.73 Å². The van der Waals surface area contributed by atoms with Crippen molar-refractivity contribution in [2.45, 2.75) is 26.3 Å². The van der Waals surface area contributed by atoms with E-state index in [4.69, 9.17) is 17.3 Å². The van der Waals surface area contributed by atoms with Crippen molar-refractivity contribution in [3.8, 4) is 0 Å². The second-order valence-corrected chi connectivity index (χ2v) is 6.80. The second kappa shape index (κ2) is 5.79. The maximum Gasteiger partial charge on any atom is 0.131 e. The number of pyridine rings is 1. The van der Waals surface area contributed by atoms with E-state index >= 15 is 0 Å². The van der Waals surface area contributed by atoms with Gasteiger partial charge in [-0.15, -0.1) is 11.3 Å². The highest BCUT2D eigenvalue weighted by Crippen LogP contribution is 2.38. The molecule has 3 N–H and O–H groups in total. The summed E-state index contributed by atoms with van der Waals surface area (Å²) in [4.78, 5) is 5.64. The van der Waals surface area contributed by atoms with Gasteiger partial charge in [0.2, 0.25) is 0 Å². The molecule has 3 rings (SSSR count). The first kappa shape index (κ1) is 14.6. The molecule has 0 unspecified atom stereocenters. The summed E-state index contributed by atoms with van der Waals surface area (Å²) >= 11 is 7.88. The number of anilines is 1. The topological polar surface area (TPSA) is 50.9 Å². The molecule has 0 saturated carbocycles. The van der Waals surface area contributed by atoms with Gasteiger partial charge in [-0.25, -0.2) is 4.98 Å². The Morgan fingerprint density at radius 3 is 3.00 bits per heavy atom. The van der Waals surface area contributed by atoms with Gasteiger partial charge in [-0.2, -0.15) is 0 Å². The Labute approximate surface area is 133 Å². The zero-order valence-electron chi connectivity index (χ0n) is 12.1.